The molecule has 0 aliphatic carbocycles. The number of benzene rings is 2. The Balaban J connectivity index is 1.24. The molecule has 1 N–H and O–H groups in total. The summed E-state index contributed by atoms with van der Waals surface area (Å²) < 4.78 is 13.7. The maximum Gasteiger partial charge on any atom is 0.119 e. The van der Waals surface area contributed by atoms with Crippen LogP contribution in [0.3, 0.4) is 0 Å². The van der Waals surface area contributed by atoms with Crippen molar-refractivity contribution < 1.29 is 9.47 Å². The van der Waals surface area contributed by atoms with E-state index in [1.807, 2.05) is 49.1 Å². The number of hydrogen-bond acceptors (Lipinski definition) is 4. The summed E-state index contributed by atoms with van der Waals surface area (Å²) in [6, 6.07) is 18.9. The lowest BCUT2D eigenvalue weighted by Gasteiger charge is -2.14. The largest absolute Gasteiger partial charge is 0.494 e. The molecule has 0 radical (unpaired) electrons. The minimum Gasteiger partial charge on any atom is -0.494 e. The van der Waals surface area contributed by atoms with Crippen LogP contribution in [0.2, 0.25) is 0 Å². The molecule has 160 valence electrons. The van der Waals surface area contributed by atoms with Gasteiger partial charge in [-0.05, 0) is 69.0 Å². The van der Waals surface area contributed by atoms with Crippen molar-refractivity contribution in [2.45, 2.75) is 45.2 Å². The van der Waals surface area contributed by atoms with Gasteiger partial charge < -0.3 is 19.4 Å². The molecule has 0 aliphatic rings. The Morgan fingerprint density at radius 1 is 0.900 bits per heavy atom. The zero-order chi connectivity index (χ0) is 20.9. The van der Waals surface area contributed by atoms with Crippen LogP contribution in [0, 0.1) is 0 Å². The predicted molar refractivity (Wildman–Crippen MR) is 121 cm³/mol. The summed E-state index contributed by atoms with van der Waals surface area (Å²) in [6.07, 6.45) is 9.78. The first kappa shape index (κ1) is 21.9. The molecule has 5 heteroatoms. The quantitative estimate of drug-likeness (QED) is 0.393. The summed E-state index contributed by atoms with van der Waals surface area (Å²) >= 11 is 0. The minimum absolute atomic E-state index is 0.448. The van der Waals surface area contributed by atoms with Crippen LogP contribution in [0.4, 0.5) is 0 Å². The number of hydrogen-bond donors (Lipinski definition) is 1. The maximum absolute atomic E-state index is 5.85. The van der Waals surface area contributed by atoms with Gasteiger partial charge in [-0.2, -0.15) is 0 Å². The van der Waals surface area contributed by atoms with E-state index >= 15 is 0 Å². The third-order valence-electron chi connectivity index (χ3n) is 4.93. The van der Waals surface area contributed by atoms with E-state index in [-0.39, 0.29) is 0 Å². The maximum atomic E-state index is 5.85. The normalized spacial score (nSPS) is 11.9. The molecule has 1 unspecified atom stereocenters. The van der Waals surface area contributed by atoms with Crippen molar-refractivity contribution in [1.82, 2.24) is 14.9 Å². The molecule has 3 rings (SSSR count). The number of unbranched alkanes of at least 4 members (excludes halogenated alkanes) is 1. The van der Waals surface area contributed by atoms with Crippen LogP contribution in [-0.2, 0) is 13.0 Å². The zero-order valence-electron chi connectivity index (χ0n) is 17.9. The van der Waals surface area contributed by atoms with Gasteiger partial charge in [-0.25, -0.2) is 4.98 Å². The lowest BCUT2D eigenvalue weighted by Crippen LogP contribution is -2.29. The van der Waals surface area contributed by atoms with Crippen LogP contribution in [0.15, 0.2) is 73.3 Å². The number of nitrogens with zero attached hydrogens (tertiary/aromatic N) is 2. The van der Waals surface area contributed by atoms with Gasteiger partial charge in [0.15, 0.2) is 0 Å². The van der Waals surface area contributed by atoms with Gasteiger partial charge in [-0.15, -0.1) is 0 Å². The van der Waals surface area contributed by atoms with Crippen molar-refractivity contribution in [1.29, 1.82) is 0 Å². The second-order valence-corrected chi connectivity index (χ2v) is 7.57. The summed E-state index contributed by atoms with van der Waals surface area (Å²) in [4.78, 5) is 4.07. The summed E-state index contributed by atoms with van der Waals surface area (Å²) in [5.74, 6) is 1.86. The van der Waals surface area contributed by atoms with Gasteiger partial charge >= 0.3 is 0 Å². The van der Waals surface area contributed by atoms with E-state index in [9.17, 15) is 0 Å². The minimum atomic E-state index is 0.448. The molecule has 5 nitrogen and oxygen atoms in total. The Labute approximate surface area is 180 Å². The first-order valence-corrected chi connectivity index (χ1v) is 10.9. The fraction of sp³-hybridized carbons (Fsp3) is 0.400. The summed E-state index contributed by atoms with van der Waals surface area (Å²) in [6.45, 7) is 5.68. The molecular formula is C25H33N3O2. The Bertz CT molecular complexity index is 804. The number of aryl methyl sites for hydroxylation is 1. The number of imidazole rings is 1. The fourth-order valence-electron chi connectivity index (χ4n) is 3.28. The summed E-state index contributed by atoms with van der Waals surface area (Å²) in [5.41, 5.74) is 1.33. The monoisotopic (exact) mass is 407 g/mol. The van der Waals surface area contributed by atoms with Crippen LogP contribution >= 0.6 is 0 Å². The number of nitrogens with one attached hydrogen (secondary N) is 1. The molecule has 1 atom stereocenters. The highest BCUT2D eigenvalue weighted by Gasteiger charge is 2.04. The van der Waals surface area contributed by atoms with E-state index in [4.69, 9.17) is 9.47 Å². The van der Waals surface area contributed by atoms with Gasteiger partial charge in [0.2, 0.25) is 0 Å². The van der Waals surface area contributed by atoms with E-state index in [2.05, 4.69) is 46.1 Å². The smallest absolute Gasteiger partial charge is 0.119 e. The van der Waals surface area contributed by atoms with Crippen molar-refractivity contribution in [2.24, 2.45) is 0 Å². The molecule has 30 heavy (non-hydrogen) atoms. The van der Waals surface area contributed by atoms with E-state index in [1.165, 1.54) is 5.56 Å². The second-order valence-electron chi connectivity index (χ2n) is 7.57. The van der Waals surface area contributed by atoms with Crippen LogP contribution in [-0.4, -0.2) is 35.4 Å². The van der Waals surface area contributed by atoms with Crippen LogP contribution in [0.25, 0.3) is 0 Å². The zero-order valence-corrected chi connectivity index (χ0v) is 17.9. The molecule has 3 aromatic rings. The molecule has 0 fully saturated rings. The van der Waals surface area contributed by atoms with Crippen molar-refractivity contribution >= 4 is 0 Å². The molecule has 0 aliphatic heterocycles. The molecule has 1 aromatic heterocycles. The van der Waals surface area contributed by atoms with Crippen LogP contribution in [0.5, 0.6) is 11.5 Å². The number of rotatable bonds is 14. The van der Waals surface area contributed by atoms with Gasteiger partial charge in [0, 0.05) is 25.0 Å². The van der Waals surface area contributed by atoms with E-state index in [0.717, 1.165) is 56.9 Å². The fourth-order valence-corrected chi connectivity index (χ4v) is 3.28. The van der Waals surface area contributed by atoms with Gasteiger partial charge in [0.25, 0.3) is 0 Å². The van der Waals surface area contributed by atoms with Gasteiger partial charge in [0.1, 0.15) is 11.5 Å². The summed E-state index contributed by atoms with van der Waals surface area (Å²) in [5, 5.41) is 3.60. The van der Waals surface area contributed by atoms with Gasteiger partial charge in [-0.3, -0.25) is 0 Å². The third kappa shape index (κ3) is 8.29. The Hall–Kier alpha value is -2.79. The molecule has 2 aromatic carbocycles. The van der Waals surface area contributed by atoms with E-state index < -0.39 is 0 Å². The second kappa shape index (κ2) is 12.7. The third-order valence-corrected chi connectivity index (χ3v) is 4.93. The number of ether oxygens (including phenoxy) is 2. The lowest BCUT2D eigenvalue weighted by molar-refractivity contribution is 0.266. The topological polar surface area (TPSA) is 48.3 Å². The first-order valence-electron chi connectivity index (χ1n) is 10.9. The van der Waals surface area contributed by atoms with Crippen molar-refractivity contribution in [3.8, 4) is 11.5 Å². The van der Waals surface area contributed by atoms with E-state index in [1.54, 1.807) is 0 Å². The molecule has 0 bridgehead atoms. The van der Waals surface area contributed by atoms with Crippen LogP contribution in [0.1, 0.15) is 31.7 Å². The molecule has 0 spiro atoms. The molecule has 1 heterocycles. The number of para-hydroxylation sites is 1. The molecule has 0 saturated heterocycles. The Kier molecular flexibility index (Phi) is 9.28. The van der Waals surface area contributed by atoms with Crippen molar-refractivity contribution in [3.05, 3.63) is 78.9 Å². The highest BCUT2D eigenvalue weighted by atomic mass is 16.5. The average Bonchev–Trinajstić information content (AvgIpc) is 3.29. The van der Waals surface area contributed by atoms with E-state index in [0.29, 0.717) is 12.6 Å². The highest BCUT2D eigenvalue weighted by molar-refractivity contribution is 5.27. The van der Waals surface area contributed by atoms with Crippen LogP contribution < -0.4 is 14.8 Å². The molecular weight excluding hydrogens is 374 g/mol. The van der Waals surface area contributed by atoms with Crippen molar-refractivity contribution in [3.63, 3.8) is 0 Å². The Morgan fingerprint density at radius 3 is 2.27 bits per heavy atom. The lowest BCUT2D eigenvalue weighted by atomic mass is 10.1. The first-order chi connectivity index (χ1) is 14.8. The summed E-state index contributed by atoms with van der Waals surface area (Å²) in [7, 11) is 0. The SMILES string of the molecule is CC(Cc1ccc(OCCCCOc2ccccc2)cc1)NCCCn1ccnc1. The standard InChI is InChI=1S/C25H33N3O2/c1-22(27-14-7-16-28-17-15-26-21-28)20-23-10-12-25(13-11-23)30-19-6-5-18-29-24-8-3-2-4-9-24/h2-4,8-13,15,17,21-22,27H,5-7,14,16,18-20H2,1H3. The molecule has 0 saturated carbocycles. The average molecular weight is 408 g/mol. The highest BCUT2D eigenvalue weighted by Crippen LogP contribution is 2.14. The Morgan fingerprint density at radius 2 is 1.60 bits per heavy atom. The predicted octanol–water partition coefficient (Wildman–Crippen LogP) is 4.73. The van der Waals surface area contributed by atoms with Gasteiger partial charge in [-0.1, -0.05) is 30.3 Å². The molecule has 0 amide bonds. The van der Waals surface area contributed by atoms with Crippen molar-refractivity contribution in [2.75, 3.05) is 19.8 Å². The van der Waals surface area contributed by atoms with Gasteiger partial charge in [0.05, 0.1) is 19.5 Å². The number of aromatic nitrogens is 2.